The van der Waals surface area contributed by atoms with Gasteiger partial charge in [0.2, 0.25) is 0 Å². The van der Waals surface area contributed by atoms with Gasteiger partial charge >= 0.3 is 0 Å². The molecule has 2 N–H and O–H groups in total. The molecule has 0 aromatic carbocycles. The highest BCUT2D eigenvalue weighted by Gasteiger charge is 2.12. The van der Waals surface area contributed by atoms with Crippen LogP contribution in [0.1, 0.15) is 44.9 Å². The summed E-state index contributed by atoms with van der Waals surface area (Å²) in [6.45, 7) is 8.81. The number of aryl methyl sites for hydroxylation is 1. The Morgan fingerprint density at radius 3 is 2.88 bits per heavy atom. The lowest BCUT2D eigenvalue weighted by Crippen LogP contribution is -2.11. The number of anilines is 1. The summed E-state index contributed by atoms with van der Waals surface area (Å²) < 4.78 is 1.83. The van der Waals surface area contributed by atoms with Crippen molar-refractivity contribution < 1.29 is 5.21 Å². The van der Waals surface area contributed by atoms with Crippen LogP contribution in [0.3, 0.4) is 0 Å². The average Bonchev–Trinajstić information content (AvgIpc) is 3.00. The molecule has 6 heteroatoms. The van der Waals surface area contributed by atoms with Gasteiger partial charge in [0.25, 0.3) is 0 Å². The van der Waals surface area contributed by atoms with E-state index < -0.39 is 0 Å². The first kappa shape index (κ1) is 17.7. The van der Waals surface area contributed by atoms with E-state index in [1.807, 2.05) is 41.9 Å². The fourth-order valence-electron chi connectivity index (χ4n) is 2.33. The lowest BCUT2D eigenvalue weighted by Gasteiger charge is -2.12. The van der Waals surface area contributed by atoms with Crippen LogP contribution in [0.2, 0.25) is 0 Å². The molecule has 6 nitrogen and oxygen atoms in total. The lowest BCUT2D eigenvalue weighted by molar-refractivity contribution is 0.321. The fraction of sp³-hybridized carbons (Fsp3) is 0.389. The molecule has 2 aromatic heterocycles. The Kier molecular flexibility index (Phi) is 6.12. The fourth-order valence-corrected chi connectivity index (χ4v) is 2.33. The van der Waals surface area contributed by atoms with Crippen molar-refractivity contribution in [2.24, 2.45) is 5.16 Å². The number of aromatic nitrogens is 3. The molecule has 0 amide bonds. The van der Waals surface area contributed by atoms with Crippen molar-refractivity contribution in [3.63, 3.8) is 0 Å². The van der Waals surface area contributed by atoms with Crippen molar-refractivity contribution >= 4 is 17.7 Å². The van der Waals surface area contributed by atoms with E-state index in [4.69, 9.17) is 10.2 Å². The Hall–Kier alpha value is -2.63. The van der Waals surface area contributed by atoms with E-state index in [2.05, 4.69) is 36.3 Å². The summed E-state index contributed by atoms with van der Waals surface area (Å²) in [5.41, 5.74) is 3.90. The van der Waals surface area contributed by atoms with Gasteiger partial charge in [-0.25, -0.2) is 4.98 Å². The highest BCUT2D eigenvalue weighted by molar-refractivity contribution is 5.79. The minimum absolute atomic E-state index is 0.326. The Morgan fingerprint density at radius 2 is 2.25 bits per heavy atom. The second-order valence-corrected chi connectivity index (χ2v) is 5.85. The van der Waals surface area contributed by atoms with Crippen LogP contribution in [0.15, 0.2) is 41.2 Å². The molecule has 0 bridgehead atoms. The van der Waals surface area contributed by atoms with Gasteiger partial charge in [0, 0.05) is 23.9 Å². The zero-order valence-electron chi connectivity index (χ0n) is 14.7. The number of allylic oxidation sites excluding steroid dienone is 3. The number of nitrogens with zero attached hydrogens (tertiary/aromatic N) is 4. The zero-order valence-corrected chi connectivity index (χ0v) is 14.7. The third-order valence-corrected chi connectivity index (χ3v) is 3.74. The maximum atomic E-state index is 8.81. The Bertz CT molecular complexity index is 771. The molecule has 2 aromatic rings. The summed E-state index contributed by atoms with van der Waals surface area (Å²) >= 11 is 0. The number of fused-ring (bicyclic) bond motifs is 1. The number of rotatable bonds is 7. The summed E-state index contributed by atoms with van der Waals surface area (Å²) in [6.07, 6.45) is 9.91. The van der Waals surface area contributed by atoms with Gasteiger partial charge in [-0.3, -0.25) is 0 Å². The molecule has 128 valence electrons. The molecule has 0 fully saturated rings. The summed E-state index contributed by atoms with van der Waals surface area (Å²) in [5, 5.41) is 19.8. The molecule has 2 rings (SSSR count). The zero-order chi connectivity index (χ0) is 17.5. The Balaban J connectivity index is 2.38. The molecule has 0 aliphatic rings. The molecule has 0 radical (unpaired) electrons. The van der Waals surface area contributed by atoms with Crippen LogP contribution in [-0.4, -0.2) is 32.6 Å². The number of nitrogens with one attached hydrogen (secondary N) is 1. The second-order valence-electron chi connectivity index (χ2n) is 5.85. The van der Waals surface area contributed by atoms with E-state index in [0.29, 0.717) is 12.5 Å². The van der Waals surface area contributed by atoms with Crippen molar-refractivity contribution in [2.75, 3.05) is 11.9 Å². The molecule has 2 heterocycles. The van der Waals surface area contributed by atoms with Crippen LogP contribution in [0, 0.1) is 0 Å². The first-order chi connectivity index (χ1) is 11.6. The number of hydrogen-bond acceptors (Lipinski definition) is 5. The van der Waals surface area contributed by atoms with E-state index in [0.717, 1.165) is 34.7 Å². The second kappa shape index (κ2) is 8.29. The molecule has 0 atom stereocenters. The van der Waals surface area contributed by atoms with Crippen molar-refractivity contribution in [2.45, 2.75) is 40.0 Å². The van der Waals surface area contributed by atoms with Crippen LogP contribution < -0.4 is 5.32 Å². The molecule has 0 aliphatic heterocycles. The average molecular weight is 327 g/mol. The van der Waals surface area contributed by atoms with Gasteiger partial charge < -0.3 is 10.5 Å². The highest BCUT2D eigenvalue weighted by atomic mass is 16.4. The molecule has 0 saturated carbocycles. The summed E-state index contributed by atoms with van der Waals surface area (Å²) in [5.74, 6) is 1.20. The molecule has 0 saturated heterocycles. The third-order valence-electron chi connectivity index (χ3n) is 3.74. The van der Waals surface area contributed by atoms with Crippen LogP contribution in [0.25, 0.3) is 5.65 Å². The van der Waals surface area contributed by atoms with E-state index in [-0.39, 0.29) is 0 Å². The van der Waals surface area contributed by atoms with Gasteiger partial charge in [-0.2, -0.15) is 9.61 Å². The largest absolute Gasteiger partial charge is 0.411 e. The van der Waals surface area contributed by atoms with Crippen LogP contribution in [-0.2, 0) is 6.42 Å². The van der Waals surface area contributed by atoms with Gasteiger partial charge in [-0.05, 0) is 24.8 Å². The maximum absolute atomic E-state index is 8.81. The predicted molar refractivity (Wildman–Crippen MR) is 98.1 cm³/mol. The van der Waals surface area contributed by atoms with E-state index in [1.54, 1.807) is 0 Å². The Morgan fingerprint density at radius 1 is 1.46 bits per heavy atom. The van der Waals surface area contributed by atoms with Gasteiger partial charge in [0.05, 0.1) is 12.4 Å². The number of hydrogen-bond donors (Lipinski definition) is 2. The molecule has 0 spiro atoms. The Labute approximate surface area is 142 Å². The molecular weight excluding hydrogens is 302 g/mol. The SMILES string of the molecule is C\C=C/C=C(\C=N\O)CNc1cc(C(C)C)nc2c(CC)cnn12. The minimum atomic E-state index is 0.326. The first-order valence-corrected chi connectivity index (χ1v) is 8.21. The summed E-state index contributed by atoms with van der Waals surface area (Å²) in [6, 6.07) is 2.02. The van der Waals surface area contributed by atoms with Crippen LogP contribution in [0.4, 0.5) is 5.82 Å². The highest BCUT2D eigenvalue weighted by Crippen LogP contribution is 2.21. The van der Waals surface area contributed by atoms with Gasteiger partial charge in [-0.15, -0.1) is 0 Å². The third kappa shape index (κ3) is 4.01. The van der Waals surface area contributed by atoms with Crippen LogP contribution in [0.5, 0.6) is 0 Å². The minimum Gasteiger partial charge on any atom is -0.411 e. The van der Waals surface area contributed by atoms with E-state index in [9.17, 15) is 0 Å². The molecular formula is C18H25N5O. The first-order valence-electron chi connectivity index (χ1n) is 8.21. The number of oxime groups is 1. The van der Waals surface area contributed by atoms with Crippen molar-refractivity contribution in [1.29, 1.82) is 0 Å². The standard InChI is InChI=1S/C18H25N5O/c1-5-7-8-14(11-21-24)10-19-17-9-16(13(3)4)22-18-15(6-2)12-20-23(17)18/h5,7-9,11-13,19,24H,6,10H2,1-4H3/b7-5-,14-8-,21-11+. The monoisotopic (exact) mass is 327 g/mol. The predicted octanol–water partition coefficient (Wildman–Crippen LogP) is 3.79. The quantitative estimate of drug-likeness (QED) is 0.351. The normalized spacial score (nSPS) is 13.0. The molecule has 24 heavy (non-hydrogen) atoms. The maximum Gasteiger partial charge on any atom is 0.160 e. The van der Waals surface area contributed by atoms with Crippen molar-refractivity contribution in [3.8, 4) is 0 Å². The molecule has 0 aliphatic carbocycles. The summed E-state index contributed by atoms with van der Waals surface area (Å²) in [7, 11) is 0. The van der Waals surface area contributed by atoms with Gasteiger partial charge in [0.15, 0.2) is 5.65 Å². The van der Waals surface area contributed by atoms with Crippen molar-refractivity contribution in [3.05, 3.63) is 47.3 Å². The van der Waals surface area contributed by atoms with E-state index in [1.165, 1.54) is 6.21 Å². The van der Waals surface area contributed by atoms with Gasteiger partial charge in [-0.1, -0.05) is 44.2 Å². The van der Waals surface area contributed by atoms with Crippen molar-refractivity contribution in [1.82, 2.24) is 14.6 Å². The van der Waals surface area contributed by atoms with Gasteiger partial charge in [0.1, 0.15) is 5.82 Å². The molecule has 0 unspecified atom stereocenters. The van der Waals surface area contributed by atoms with Crippen LogP contribution >= 0.6 is 0 Å². The van der Waals surface area contributed by atoms with E-state index >= 15 is 0 Å². The smallest absolute Gasteiger partial charge is 0.160 e. The topological polar surface area (TPSA) is 74.8 Å². The summed E-state index contributed by atoms with van der Waals surface area (Å²) in [4.78, 5) is 4.75. The lowest BCUT2D eigenvalue weighted by atomic mass is 10.1.